The molecule has 0 saturated carbocycles. The minimum Gasteiger partial charge on any atom is -0.465 e. The Hall–Kier alpha value is -3.01. The Morgan fingerprint density at radius 2 is 1.23 bits per heavy atom. The number of benzene rings is 2. The quantitative estimate of drug-likeness (QED) is 0.132. The molecule has 2 aromatic rings. The summed E-state index contributed by atoms with van der Waals surface area (Å²) < 4.78 is 102. The van der Waals surface area contributed by atoms with E-state index in [1.807, 2.05) is 0 Å². The molecule has 0 fully saturated rings. The Morgan fingerprint density at radius 3 is 1.60 bits per heavy atom. The smallest absolute Gasteiger partial charge is 0.411 e. The maximum absolute atomic E-state index is 14.3. The predicted molar refractivity (Wildman–Crippen MR) is 117 cm³/mol. The van der Waals surface area contributed by atoms with Crippen molar-refractivity contribution in [3.05, 3.63) is 71.8 Å². The van der Waals surface area contributed by atoms with Crippen molar-refractivity contribution in [2.45, 2.75) is 64.3 Å². The van der Waals surface area contributed by atoms with Gasteiger partial charge in [-0.1, -0.05) is 30.3 Å². The van der Waals surface area contributed by atoms with E-state index in [0.29, 0.717) is 12.1 Å². The Balaban J connectivity index is 2.52. The van der Waals surface area contributed by atoms with Gasteiger partial charge in [-0.15, -0.1) is 0 Å². The average molecular weight is 504 g/mol. The highest BCUT2D eigenvalue weighted by Crippen LogP contribution is 2.56. The molecule has 0 radical (unpaired) electrons. The molecule has 4 nitrogen and oxygen atoms in total. The van der Waals surface area contributed by atoms with Crippen LogP contribution in [0, 0.1) is 0 Å². The van der Waals surface area contributed by atoms with E-state index in [2.05, 4.69) is 0 Å². The summed E-state index contributed by atoms with van der Waals surface area (Å²) in [7, 11) is 0. The fraction of sp³-hybridized carbons (Fsp3) is 0.400. The zero-order valence-electron chi connectivity index (χ0n) is 19.8. The Kier molecular flexibility index (Phi) is 8.32. The normalized spacial score (nSPS) is 14.1. The molecular formula is C25H26F6O4. The van der Waals surface area contributed by atoms with Crippen molar-refractivity contribution in [1.29, 1.82) is 0 Å². The van der Waals surface area contributed by atoms with Crippen LogP contribution in [0.2, 0.25) is 0 Å². The van der Waals surface area contributed by atoms with Crippen molar-refractivity contribution in [2.24, 2.45) is 0 Å². The Morgan fingerprint density at radius 1 is 0.800 bits per heavy atom. The summed E-state index contributed by atoms with van der Waals surface area (Å²) in [4.78, 5) is 11.5. The van der Waals surface area contributed by atoms with E-state index in [4.69, 9.17) is 14.2 Å². The second kappa shape index (κ2) is 10.3. The van der Waals surface area contributed by atoms with Gasteiger partial charge in [0.2, 0.25) is 5.41 Å². The molecule has 1 atom stereocenters. The van der Waals surface area contributed by atoms with Crippen LogP contribution in [0.4, 0.5) is 26.3 Å². The topological polar surface area (TPSA) is 44.8 Å². The van der Waals surface area contributed by atoms with E-state index < -0.39 is 46.8 Å². The SMILES string of the molecule is C/C=C/C(=O)Oc1ccc(C(c2ccc(OC(C)OC(C)(C)C)cc2)(C(F)(F)F)C(F)(F)F)cc1. The molecule has 35 heavy (non-hydrogen) atoms. The monoisotopic (exact) mass is 504 g/mol. The van der Waals surface area contributed by atoms with Crippen molar-refractivity contribution < 1.29 is 45.3 Å². The van der Waals surface area contributed by atoms with Crippen LogP contribution in [-0.4, -0.2) is 30.2 Å². The Labute approximate surface area is 199 Å². The maximum Gasteiger partial charge on any atom is 0.411 e. The first-order valence-electron chi connectivity index (χ1n) is 10.5. The third-order valence-corrected chi connectivity index (χ3v) is 4.77. The van der Waals surface area contributed by atoms with Gasteiger partial charge < -0.3 is 14.2 Å². The number of ether oxygens (including phenoxy) is 3. The van der Waals surface area contributed by atoms with Crippen LogP contribution in [0.25, 0.3) is 0 Å². The van der Waals surface area contributed by atoms with Gasteiger partial charge >= 0.3 is 18.3 Å². The molecular weight excluding hydrogens is 478 g/mol. The molecule has 0 aliphatic heterocycles. The summed E-state index contributed by atoms with van der Waals surface area (Å²) in [5.74, 6) is -0.986. The molecule has 0 aromatic heterocycles. The number of carbonyl (C=O) groups excluding carboxylic acids is 1. The lowest BCUT2D eigenvalue weighted by Crippen LogP contribution is -2.54. The molecule has 1 unspecified atom stereocenters. The number of rotatable bonds is 7. The summed E-state index contributed by atoms with van der Waals surface area (Å²) in [5, 5.41) is 0. The van der Waals surface area contributed by atoms with E-state index in [0.717, 1.165) is 42.5 Å². The standard InChI is InChI=1S/C25H26F6O4/c1-6-7-21(32)34-20-14-10-18(11-15-20)23(24(26,27)28,25(29,30)31)17-8-12-19(13-9-17)33-16(2)35-22(3,4)5/h6-16H,1-5H3/b7-6+. The number of halogens is 6. The molecule has 2 aromatic carbocycles. The molecule has 10 heteroatoms. The highest BCUT2D eigenvalue weighted by Gasteiger charge is 2.72. The molecule has 0 N–H and O–H groups in total. The summed E-state index contributed by atoms with van der Waals surface area (Å²) in [6.07, 6.45) is -9.87. The van der Waals surface area contributed by atoms with Crippen LogP contribution in [0.3, 0.4) is 0 Å². The van der Waals surface area contributed by atoms with Crippen molar-refractivity contribution in [3.8, 4) is 11.5 Å². The molecule has 0 bridgehead atoms. The minimum absolute atomic E-state index is 0.0370. The van der Waals surface area contributed by atoms with Crippen LogP contribution in [0.15, 0.2) is 60.7 Å². The van der Waals surface area contributed by atoms with Gasteiger partial charge in [-0.05, 0) is 70.0 Å². The summed E-state index contributed by atoms with van der Waals surface area (Å²) in [5.41, 5.74) is -7.04. The molecule has 0 aliphatic carbocycles. The van der Waals surface area contributed by atoms with Crippen LogP contribution >= 0.6 is 0 Å². The van der Waals surface area contributed by atoms with Gasteiger partial charge in [-0.25, -0.2) is 4.79 Å². The highest BCUT2D eigenvalue weighted by atomic mass is 19.4. The second-order valence-electron chi connectivity index (χ2n) is 8.63. The molecule has 0 aliphatic rings. The van der Waals surface area contributed by atoms with Gasteiger partial charge in [0.25, 0.3) is 0 Å². The van der Waals surface area contributed by atoms with Gasteiger partial charge in [0.15, 0.2) is 6.29 Å². The van der Waals surface area contributed by atoms with Gasteiger partial charge in [0.05, 0.1) is 5.60 Å². The summed E-state index contributed by atoms with van der Waals surface area (Å²) in [6, 6.07) is 6.54. The van der Waals surface area contributed by atoms with Crippen LogP contribution in [0.1, 0.15) is 45.7 Å². The highest BCUT2D eigenvalue weighted by molar-refractivity contribution is 5.83. The van der Waals surface area contributed by atoms with E-state index in [-0.39, 0.29) is 11.5 Å². The first kappa shape index (κ1) is 28.2. The van der Waals surface area contributed by atoms with E-state index in [1.54, 1.807) is 34.6 Å². The first-order valence-corrected chi connectivity index (χ1v) is 10.5. The predicted octanol–water partition coefficient (Wildman–Crippen LogP) is 7.12. The second-order valence-corrected chi connectivity index (χ2v) is 8.63. The first-order chi connectivity index (χ1) is 16.0. The largest absolute Gasteiger partial charge is 0.465 e. The fourth-order valence-electron chi connectivity index (χ4n) is 3.54. The lowest BCUT2D eigenvalue weighted by molar-refractivity contribution is -0.288. The molecule has 192 valence electrons. The molecule has 0 amide bonds. The third-order valence-electron chi connectivity index (χ3n) is 4.77. The number of allylic oxidation sites excluding steroid dienone is 1. The van der Waals surface area contributed by atoms with Crippen molar-refractivity contribution >= 4 is 5.97 Å². The van der Waals surface area contributed by atoms with E-state index in [1.165, 1.54) is 6.08 Å². The number of carbonyl (C=O) groups is 1. The van der Waals surface area contributed by atoms with Crippen molar-refractivity contribution in [1.82, 2.24) is 0 Å². The van der Waals surface area contributed by atoms with Gasteiger partial charge in [0, 0.05) is 6.08 Å². The maximum atomic E-state index is 14.3. The lowest BCUT2D eigenvalue weighted by atomic mass is 9.73. The molecule has 2 rings (SSSR count). The number of hydrogen-bond acceptors (Lipinski definition) is 4. The zero-order chi connectivity index (χ0) is 26.7. The number of esters is 1. The van der Waals surface area contributed by atoms with Crippen molar-refractivity contribution in [2.75, 3.05) is 0 Å². The van der Waals surface area contributed by atoms with Gasteiger partial charge in [0.1, 0.15) is 11.5 Å². The number of alkyl halides is 6. The van der Waals surface area contributed by atoms with Crippen molar-refractivity contribution in [3.63, 3.8) is 0 Å². The zero-order valence-corrected chi connectivity index (χ0v) is 19.8. The van der Waals surface area contributed by atoms with Crippen LogP contribution in [-0.2, 0) is 14.9 Å². The Bertz CT molecular complexity index is 1000. The van der Waals surface area contributed by atoms with Crippen LogP contribution in [0.5, 0.6) is 11.5 Å². The molecule has 0 spiro atoms. The molecule has 0 heterocycles. The third kappa shape index (κ3) is 6.56. The average Bonchev–Trinajstić information content (AvgIpc) is 2.67. The van der Waals surface area contributed by atoms with Gasteiger partial charge in [-0.2, -0.15) is 26.3 Å². The van der Waals surface area contributed by atoms with Crippen LogP contribution < -0.4 is 9.47 Å². The number of hydrogen-bond donors (Lipinski definition) is 0. The van der Waals surface area contributed by atoms with E-state index >= 15 is 0 Å². The molecule has 0 saturated heterocycles. The lowest BCUT2D eigenvalue weighted by Gasteiger charge is -2.38. The fourth-order valence-corrected chi connectivity index (χ4v) is 3.54. The van der Waals surface area contributed by atoms with Gasteiger partial charge in [-0.3, -0.25) is 0 Å². The summed E-state index contributed by atoms with van der Waals surface area (Å²) >= 11 is 0. The minimum atomic E-state index is -5.75. The summed E-state index contributed by atoms with van der Waals surface area (Å²) in [6.45, 7) is 8.40. The van der Waals surface area contributed by atoms with E-state index in [9.17, 15) is 31.1 Å².